The van der Waals surface area contributed by atoms with Crippen LogP contribution in [0.15, 0.2) is 78.0 Å². The number of rotatable bonds is 6. The normalized spacial score (nSPS) is 10.3. The maximum absolute atomic E-state index is 12.2. The molecule has 3 rings (SSSR count). The minimum absolute atomic E-state index is 0.100. The van der Waals surface area contributed by atoms with Gasteiger partial charge in [-0.1, -0.05) is 48.2 Å². The van der Waals surface area contributed by atoms with Crippen molar-refractivity contribution in [1.82, 2.24) is 4.98 Å². The van der Waals surface area contributed by atoms with E-state index in [-0.39, 0.29) is 11.7 Å². The van der Waals surface area contributed by atoms with Gasteiger partial charge in [0.15, 0.2) is 5.75 Å². The van der Waals surface area contributed by atoms with Gasteiger partial charge in [0.05, 0.1) is 16.5 Å². The second-order valence-corrected chi connectivity index (χ2v) is 6.42. The number of hydrogen-bond donors (Lipinski definition) is 1. The summed E-state index contributed by atoms with van der Waals surface area (Å²) in [5, 5.41) is 3.73. The van der Waals surface area contributed by atoms with E-state index in [1.54, 1.807) is 6.20 Å². The largest absolute Gasteiger partial charge is 0.455 e. The minimum atomic E-state index is -0.100. The first-order valence-electron chi connectivity index (χ1n) is 7.88. The van der Waals surface area contributed by atoms with Gasteiger partial charge in [0.2, 0.25) is 5.91 Å². The second-order valence-electron chi connectivity index (χ2n) is 5.42. The van der Waals surface area contributed by atoms with Gasteiger partial charge in [-0.25, -0.2) is 4.98 Å². The summed E-state index contributed by atoms with van der Waals surface area (Å²) in [5.74, 6) is 1.52. The maximum atomic E-state index is 12.2. The van der Waals surface area contributed by atoms with Crippen molar-refractivity contribution in [3.8, 4) is 11.5 Å². The molecule has 0 atom stereocenters. The van der Waals surface area contributed by atoms with Crippen LogP contribution in [0.3, 0.4) is 0 Å². The average molecular weight is 350 g/mol. The van der Waals surface area contributed by atoms with Gasteiger partial charge >= 0.3 is 0 Å². The van der Waals surface area contributed by atoms with Crippen LogP contribution in [0.25, 0.3) is 0 Å². The molecular formula is C20H18N2O2S. The molecule has 0 saturated heterocycles. The number of carbonyl (C=O) groups is 1. The Kier molecular flexibility index (Phi) is 5.69. The van der Waals surface area contributed by atoms with Crippen molar-refractivity contribution in [2.24, 2.45) is 0 Å². The molecule has 0 spiro atoms. The van der Waals surface area contributed by atoms with Crippen LogP contribution >= 0.6 is 11.8 Å². The van der Waals surface area contributed by atoms with Gasteiger partial charge in [-0.15, -0.1) is 0 Å². The highest BCUT2D eigenvalue weighted by Gasteiger charge is 2.09. The van der Waals surface area contributed by atoms with Crippen molar-refractivity contribution >= 4 is 23.4 Å². The van der Waals surface area contributed by atoms with E-state index >= 15 is 0 Å². The predicted molar refractivity (Wildman–Crippen MR) is 101 cm³/mol. The third kappa shape index (κ3) is 5.09. The lowest BCUT2D eigenvalue weighted by Crippen LogP contribution is -2.14. The fourth-order valence-electron chi connectivity index (χ4n) is 2.14. The first kappa shape index (κ1) is 17.0. The number of pyridine rings is 1. The van der Waals surface area contributed by atoms with E-state index in [0.29, 0.717) is 11.4 Å². The lowest BCUT2D eigenvalue weighted by Gasteiger charge is -2.12. The van der Waals surface area contributed by atoms with Crippen molar-refractivity contribution in [3.05, 3.63) is 78.5 Å². The number of carbonyl (C=O) groups excluding carboxylic acids is 1. The van der Waals surface area contributed by atoms with Crippen LogP contribution in [0.4, 0.5) is 5.69 Å². The van der Waals surface area contributed by atoms with Gasteiger partial charge in [0.1, 0.15) is 5.75 Å². The first-order chi connectivity index (χ1) is 12.2. The van der Waals surface area contributed by atoms with Gasteiger partial charge < -0.3 is 10.1 Å². The molecule has 4 nitrogen and oxygen atoms in total. The van der Waals surface area contributed by atoms with Gasteiger partial charge in [-0.3, -0.25) is 4.79 Å². The molecular weight excluding hydrogens is 332 g/mol. The Balaban J connectivity index is 1.62. The molecule has 0 saturated carbocycles. The van der Waals surface area contributed by atoms with Crippen LogP contribution in [0.2, 0.25) is 0 Å². The second kappa shape index (κ2) is 8.35. The Labute approximate surface area is 151 Å². The van der Waals surface area contributed by atoms with E-state index in [1.807, 2.05) is 73.7 Å². The van der Waals surface area contributed by atoms with Gasteiger partial charge in [-0.2, -0.15) is 0 Å². The van der Waals surface area contributed by atoms with E-state index < -0.39 is 0 Å². The molecule has 0 radical (unpaired) electrons. The van der Waals surface area contributed by atoms with Crippen molar-refractivity contribution in [2.75, 3.05) is 11.1 Å². The highest BCUT2D eigenvalue weighted by molar-refractivity contribution is 7.99. The third-order valence-corrected chi connectivity index (χ3v) is 4.31. The van der Waals surface area contributed by atoms with Crippen LogP contribution in [-0.4, -0.2) is 16.6 Å². The Hall–Kier alpha value is -2.79. The number of nitrogens with zero attached hydrogens (tertiary/aromatic N) is 1. The summed E-state index contributed by atoms with van der Waals surface area (Å²) in [7, 11) is 0. The highest BCUT2D eigenvalue weighted by Crippen LogP contribution is 2.29. The summed E-state index contributed by atoms with van der Waals surface area (Å²) in [6.07, 6.45) is 1.79. The molecule has 1 N–H and O–H groups in total. The van der Waals surface area contributed by atoms with Crippen LogP contribution in [0, 0.1) is 6.92 Å². The first-order valence-corrected chi connectivity index (χ1v) is 8.86. The van der Waals surface area contributed by atoms with E-state index in [9.17, 15) is 4.79 Å². The molecule has 0 aliphatic heterocycles. The molecule has 0 aliphatic carbocycles. The zero-order chi connectivity index (χ0) is 17.5. The number of benzene rings is 2. The van der Waals surface area contributed by atoms with Gasteiger partial charge in [0.25, 0.3) is 0 Å². The van der Waals surface area contributed by atoms with E-state index in [4.69, 9.17) is 4.74 Å². The van der Waals surface area contributed by atoms with Crippen molar-refractivity contribution in [3.63, 3.8) is 0 Å². The summed E-state index contributed by atoms with van der Waals surface area (Å²) < 4.78 is 5.85. The quantitative estimate of drug-likeness (QED) is 0.642. The number of amides is 1. The number of nitrogens with one attached hydrogen (secondary N) is 1. The van der Waals surface area contributed by atoms with Crippen molar-refractivity contribution in [2.45, 2.75) is 11.9 Å². The molecule has 0 unspecified atom stereocenters. The van der Waals surface area contributed by atoms with Crippen molar-refractivity contribution in [1.29, 1.82) is 0 Å². The molecule has 5 heteroatoms. The topological polar surface area (TPSA) is 51.2 Å². The lowest BCUT2D eigenvalue weighted by molar-refractivity contribution is -0.113. The summed E-state index contributed by atoms with van der Waals surface area (Å²) in [6, 6.07) is 20.8. The zero-order valence-electron chi connectivity index (χ0n) is 13.8. The van der Waals surface area contributed by atoms with Crippen LogP contribution in [0.1, 0.15) is 5.56 Å². The van der Waals surface area contributed by atoms with E-state index in [0.717, 1.165) is 16.3 Å². The number of para-hydroxylation sites is 3. The lowest BCUT2D eigenvalue weighted by atomic mass is 10.3. The predicted octanol–water partition coefficient (Wildman–Crippen LogP) is 4.91. The van der Waals surface area contributed by atoms with E-state index in [2.05, 4.69) is 10.3 Å². The summed E-state index contributed by atoms with van der Waals surface area (Å²) in [5.41, 5.74) is 1.75. The average Bonchev–Trinajstić information content (AvgIpc) is 2.64. The number of aryl methyl sites for hydroxylation is 1. The number of thioether (sulfide) groups is 1. The minimum Gasteiger partial charge on any atom is -0.455 e. The Morgan fingerprint density at radius 2 is 1.80 bits per heavy atom. The van der Waals surface area contributed by atoms with Crippen LogP contribution in [0.5, 0.6) is 11.5 Å². The molecule has 3 aromatic rings. The molecule has 1 heterocycles. The molecule has 0 fully saturated rings. The fourth-order valence-corrected chi connectivity index (χ4v) is 2.78. The van der Waals surface area contributed by atoms with E-state index in [1.165, 1.54) is 11.8 Å². The highest BCUT2D eigenvalue weighted by atomic mass is 32.2. The summed E-state index contributed by atoms with van der Waals surface area (Å²) in [4.78, 5) is 16.5. The molecule has 1 amide bonds. The summed E-state index contributed by atoms with van der Waals surface area (Å²) >= 11 is 1.40. The monoisotopic (exact) mass is 350 g/mol. The third-order valence-electron chi connectivity index (χ3n) is 3.37. The molecule has 0 aliphatic rings. The molecule has 25 heavy (non-hydrogen) atoms. The zero-order valence-corrected chi connectivity index (χ0v) is 14.6. The van der Waals surface area contributed by atoms with Gasteiger partial charge in [0, 0.05) is 6.20 Å². The van der Waals surface area contributed by atoms with Crippen LogP contribution < -0.4 is 10.1 Å². The molecule has 1 aromatic heterocycles. The number of hydrogen-bond acceptors (Lipinski definition) is 4. The fraction of sp³-hybridized carbons (Fsp3) is 0.100. The van der Waals surface area contributed by atoms with Crippen molar-refractivity contribution < 1.29 is 9.53 Å². The molecule has 0 bridgehead atoms. The Morgan fingerprint density at radius 1 is 1.04 bits per heavy atom. The van der Waals surface area contributed by atoms with Gasteiger partial charge in [-0.05, 0) is 42.8 Å². The smallest absolute Gasteiger partial charge is 0.234 e. The standard InChI is InChI=1S/C20H18N2O2S/c1-15-11-12-20(21-13-15)25-14-19(23)22-17-9-5-6-10-18(17)24-16-7-3-2-4-8-16/h2-13H,14H2,1H3,(H,22,23). The number of aromatic nitrogens is 1. The Morgan fingerprint density at radius 3 is 2.56 bits per heavy atom. The number of ether oxygens (including phenoxy) is 1. The summed E-state index contributed by atoms with van der Waals surface area (Å²) in [6.45, 7) is 1.98. The van der Waals surface area contributed by atoms with Crippen LogP contribution in [-0.2, 0) is 4.79 Å². The number of anilines is 1. The SMILES string of the molecule is Cc1ccc(SCC(=O)Nc2ccccc2Oc2ccccc2)nc1. The molecule has 126 valence electrons. The maximum Gasteiger partial charge on any atom is 0.234 e. The Bertz CT molecular complexity index is 836. The molecule has 2 aromatic carbocycles.